The molecular formula is C21H29NO2. The molecule has 0 aromatic heterocycles. The minimum Gasteiger partial charge on any atom is -0.395 e. The summed E-state index contributed by atoms with van der Waals surface area (Å²) in [5.41, 5.74) is 2.82. The molecule has 3 fully saturated rings. The SMILES string of the molecule is C[C@]12CC[C@H]3[C@@H](CCC4=C[C@H](O)CC[C@@]43CO)[C@@H]1CC/C2=C/C#N. The zero-order valence-corrected chi connectivity index (χ0v) is 14.7. The number of hydrogen-bond donors (Lipinski definition) is 2. The summed E-state index contributed by atoms with van der Waals surface area (Å²) in [6.07, 6.45) is 12.1. The molecule has 3 saturated carbocycles. The van der Waals surface area contributed by atoms with Crippen molar-refractivity contribution in [1.82, 2.24) is 0 Å². The van der Waals surface area contributed by atoms with Crippen LogP contribution in [-0.2, 0) is 0 Å². The van der Waals surface area contributed by atoms with E-state index in [9.17, 15) is 10.2 Å². The fourth-order valence-corrected chi connectivity index (χ4v) is 6.96. The molecule has 6 atom stereocenters. The van der Waals surface area contributed by atoms with E-state index in [-0.39, 0.29) is 23.5 Å². The molecule has 3 heteroatoms. The summed E-state index contributed by atoms with van der Waals surface area (Å²) < 4.78 is 0. The number of aliphatic hydroxyl groups excluding tert-OH is 2. The molecule has 2 N–H and O–H groups in total. The van der Waals surface area contributed by atoms with Gasteiger partial charge in [0.15, 0.2) is 0 Å². The van der Waals surface area contributed by atoms with Crippen LogP contribution in [0.2, 0.25) is 0 Å². The maximum absolute atomic E-state index is 10.4. The highest BCUT2D eigenvalue weighted by Gasteiger charge is 2.58. The predicted molar refractivity (Wildman–Crippen MR) is 92.8 cm³/mol. The standard InChI is InChI=1S/C21H29NO2/c1-20-9-7-19-17(18(20)5-3-14(20)8-11-22)4-2-15-12-16(24)6-10-21(15,19)13-23/h8,12,16-19,23-24H,2-7,9-10,13H2,1H3/b14-8-/t16-,17+,18+,19+,20-,21-/m1/s1. The van der Waals surface area contributed by atoms with Gasteiger partial charge in [0, 0.05) is 11.5 Å². The number of hydrogen-bond acceptors (Lipinski definition) is 3. The van der Waals surface area contributed by atoms with Crippen molar-refractivity contribution in [2.75, 3.05) is 6.61 Å². The van der Waals surface area contributed by atoms with Gasteiger partial charge in [0.05, 0.1) is 18.8 Å². The van der Waals surface area contributed by atoms with Gasteiger partial charge in [-0.05, 0) is 74.5 Å². The maximum Gasteiger partial charge on any atom is 0.0911 e. The second kappa shape index (κ2) is 5.71. The molecule has 0 saturated heterocycles. The normalized spacial score (nSPS) is 48.9. The van der Waals surface area contributed by atoms with Gasteiger partial charge in [-0.1, -0.05) is 24.1 Å². The first-order chi connectivity index (χ1) is 11.5. The Bertz CT molecular complexity index is 630. The van der Waals surface area contributed by atoms with Crippen molar-refractivity contribution < 1.29 is 10.2 Å². The number of nitrogens with zero attached hydrogens (tertiary/aromatic N) is 1. The van der Waals surface area contributed by atoms with Crippen molar-refractivity contribution in [3.05, 3.63) is 23.3 Å². The van der Waals surface area contributed by atoms with Crippen LogP contribution >= 0.6 is 0 Å². The third kappa shape index (κ3) is 2.09. The van der Waals surface area contributed by atoms with Gasteiger partial charge in [-0.2, -0.15) is 5.26 Å². The molecule has 4 rings (SSSR count). The van der Waals surface area contributed by atoms with Crippen LogP contribution in [0.3, 0.4) is 0 Å². The quantitative estimate of drug-likeness (QED) is 0.570. The Kier molecular flexibility index (Phi) is 3.90. The average Bonchev–Trinajstić information content (AvgIpc) is 2.91. The van der Waals surface area contributed by atoms with Crippen molar-refractivity contribution in [2.24, 2.45) is 28.6 Å². The molecule has 0 heterocycles. The third-order valence-electron chi connectivity index (χ3n) is 8.18. The summed E-state index contributed by atoms with van der Waals surface area (Å²) in [7, 11) is 0. The van der Waals surface area contributed by atoms with Crippen LogP contribution in [0.5, 0.6) is 0 Å². The maximum atomic E-state index is 10.4. The first kappa shape index (κ1) is 16.4. The summed E-state index contributed by atoms with van der Waals surface area (Å²) in [5, 5.41) is 29.5. The van der Waals surface area contributed by atoms with Crippen molar-refractivity contribution in [2.45, 2.75) is 64.4 Å². The van der Waals surface area contributed by atoms with Gasteiger partial charge >= 0.3 is 0 Å². The summed E-state index contributed by atoms with van der Waals surface area (Å²) in [6, 6.07) is 2.27. The van der Waals surface area contributed by atoms with Crippen molar-refractivity contribution in [3.8, 4) is 6.07 Å². The van der Waals surface area contributed by atoms with E-state index in [1.165, 1.54) is 24.0 Å². The van der Waals surface area contributed by atoms with Crippen LogP contribution in [0.15, 0.2) is 23.3 Å². The molecule has 0 bridgehead atoms. The van der Waals surface area contributed by atoms with E-state index in [2.05, 4.69) is 19.1 Å². The Morgan fingerprint density at radius 2 is 2.04 bits per heavy atom. The van der Waals surface area contributed by atoms with E-state index in [1.54, 1.807) is 0 Å². The topological polar surface area (TPSA) is 64.2 Å². The fraction of sp³-hybridized carbons (Fsp3) is 0.762. The lowest BCUT2D eigenvalue weighted by Crippen LogP contribution is -2.52. The monoisotopic (exact) mass is 327 g/mol. The first-order valence-corrected chi connectivity index (χ1v) is 9.64. The number of rotatable bonds is 1. The van der Waals surface area contributed by atoms with Crippen molar-refractivity contribution >= 4 is 0 Å². The van der Waals surface area contributed by atoms with E-state index < -0.39 is 0 Å². The van der Waals surface area contributed by atoms with E-state index in [0.29, 0.717) is 17.8 Å². The lowest BCUT2D eigenvalue weighted by atomic mass is 9.47. The van der Waals surface area contributed by atoms with Crippen LogP contribution in [-0.4, -0.2) is 22.9 Å². The zero-order chi connectivity index (χ0) is 16.9. The second-order valence-corrected chi connectivity index (χ2v) is 8.82. The number of nitriles is 1. The Hall–Kier alpha value is -1.11. The molecule has 0 aromatic carbocycles. The summed E-state index contributed by atoms with van der Waals surface area (Å²) >= 11 is 0. The average molecular weight is 327 g/mol. The van der Waals surface area contributed by atoms with Gasteiger partial charge in [-0.15, -0.1) is 0 Å². The van der Waals surface area contributed by atoms with Gasteiger partial charge in [-0.25, -0.2) is 0 Å². The van der Waals surface area contributed by atoms with E-state index in [1.807, 2.05) is 6.08 Å². The fourth-order valence-electron chi connectivity index (χ4n) is 6.96. The molecule has 3 nitrogen and oxygen atoms in total. The van der Waals surface area contributed by atoms with Gasteiger partial charge in [0.25, 0.3) is 0 Å². The van der Waals surface area contributed by atoms with Crippen molar-refractivity contribution in [1.29, 1.82) is 5.26 Å². The highest BCUT2D eigenvalue weighted by Crippen LogP contribution is 2.66. The zero-order valence-electron chi connectivity index (χ0n) is 14.7. The lowest BCUT2D eigenvalue weighted by molar-refractivity contribution is -0.0618. The molecule has 0 unspecified atom stereocenters. The number of fused-ring (bicyclic) bond motifs is 5. The lowest BCUT2D eigenvalue weighted by Gasteiger charge is -2.58. The molecule has 130 valence electrons. The summed E-state index contributed by atoms with van der Waals surface area (Å²) in [5.74, 6) is 1.87. The molecule has 0 spiro atoms. The summed E-state index contributed by atoms with van der Waals surface area (Å²) in [6.45, 7) is 2.61. The number of aliphatic hydroxyl groups is 2. The van der Waals surface area contributed by atoms with Gasteiger partial charge < -0.3 is 10.2 Å². The minimum absolute atomic E-state index is 0.0782. The smallest absolute Gasteiger partial charge is 0.0911 e. The van der Waals surface area contributed by atoms with Gasteiger partial charge in [0.2, 0.25) is 0 Å². The highest BCUT2D eigenvalue weighted by molar-refractivity contribution is 5.31. The molecule has 0 radical (unpaired) electrons. The molecule has 0 aromatic rings. The number of allylic oxidation sites excluding steroid dienone is 2. The van der Waals surface area contributed by atoms with E-state index in [0.717, 1.165) is 38.5 Å². The molecule has 4 aliphatic carbocycles. The predicted octanol–water partition coefficient (Wildman–Crippen LogP) is 3.73. The first-order valence-electron chi connectivity index (χ1n) is 9.64. The Labute approximate surface area is 145 Å². The minimum atomic E-state index is -0.318. The second-order valence-electron chi connectivity index (χ2n) is 8.82. The van der Waals surface area contributed by atoms with E-state index in [4.69, 9.17) is 5.26 Å². The van der Waals surface area contributed by atoms with E-state index >= 15 is 0 Å². The van der Waals surface area contributed by atoms with Crippen LogP contribution < -0.4 is 0 Å². The molecule has 24 heavy (non-hydrogen) atoms. The Morgan fingerprint density at radius 1 is 1.21 bits per heavy atom. The highest BCUT2D eigenvalue weighted by atomic mass is 16.3. The van der Waals surface area contributed by atoms with Crippen LogP contribution in [0, 0.1) is 39.9 Å². The Balaban J connectivity index is 1.70. The third-order valence-corrected chi connectivity index (χ3v) is 8.18. The van der Waals surface area contributed by atoms with Crippen LogP contribution in [0.1, 0.15) is 58.3 Å². The molecular weight excluding hydrogens is 298 g/mol. The molecule has 0 amide bonds. The van der Waals surface area contributed by atoms with Gasteiger partial charge in [-0.3, -0.25) is 0 Å². The molecule has 0 aliphatic heterocycles. The Morgan fingerprint density at radius 3 is 2.79 bits per heavy atom. The van der Waals surface area contributed by atoms with Gasteiger partial charge in [0.1, 0.15) is 0 Å². The summed E-state index contributed by atoms with van der Waals surface area (Å²) in [4.78, 5) is 0. The van der Waals surface area contributed by atoms with Crippen LogP contribution in [0.25, 0.3) is 0 Å². The van der Waals surface area contributed by atoms with Crippen LogP contribution in [0.4, 0.5) is 0 Å². The van der Waals surface area contributed by atoms with Crippen molar-refractivity contribution in [3.63, 3.8) is 0 Å². The largest absolute Gasteiger partial charge is 0.395 e. The molecule has 4 aliphatic rings.